The first-order valence-corrected chi connectivity index (χ1v) is 8.07. The van der Waals surface area contributed by atoms with Crippen LogP contribution in [0.4, 0.5) is 0 Å². The number of primary sulfonamides is 1. The molecule has 3 N–H and O–H groups in total. The summed E-state index contributed by atoms with van der Waals surface area (Å²) in [5.74, 6) is 0. The number of sulfonamides is 1. The second kappa shape index (κ2) is 6.64. The Morgan fingerprint density at radius 1 is 1.45 bits per heavy atom. The van der Waals surface area contributed by atoms with Gasteiger partial charge in [0.15, 0.2) is 0 Å². The number of hydrogen-bond acceptors (Lipinski definition) is 5. The quantitative estimate of drug-likeness (QED) is 0.821. The summed E-state index contributed by atoms with van der Waals surface area (Å²) in [6, 6.07) is 6.63. The lowest BCUT2D eigenvalue weighted by atomic mass is 10.1. The number of nitrogens with two attached hydrogens (primary N) is 1. The predicted octanol–water partition coefficient (Wildman–Crippen LogP) is 0.400. The van der Waals surface area contributed by atoms with Gasteiger partial charge in [0.2, 0.25) is 10.0 Å². The second-order valence-electron chi connectivity index (χ2n) is 4.82. The lowest BCUT2D eigenvalue weighted by Gasteiger charge is -2.25. The third-order valence-corrected chi connectivity index (χ3v) is 4.13. The molecule has 0 radical (unpaired) electrons. The van der Waals surface area contributed by atoms with Gasteiger partial charge in [0.1, 0.15) is 0 Å². The maximum absolute atomic E-state index is 11.3. The minimum Gasteiger partial charge on any atom is -0.376 e. The average Bonchev–Trinajstić information content (AvgIpc) is 2.45. The first-order valence-electron chi connectivity index (χ1n) is 6.52. The van der Waals surface area contributed by atoms with Crippen LogP contribution >= 0.6 is 0 Å². The van der Waals surface area contributed by atoms with E-state index in [2.05, 4.69) is 5.32 Å². The van der Waals surface area contributed by atoms with E-state index in [4.69, 9.17) is 14.6 Å². The Bertz CT molecular complexity index is 541. The predicted molar refractivity (Wildman–Crippen MR) is 74.8 cm³/mol. The van der Waals surface area contributed by atoms with Crippen LogP contribution in [0.2, 0.25) is 0 Å². The minimum atomic E-state index is -3.67. The molecule has 1 aliphatic heterocycles. The number of hydrogen-bond donors (Lipinski definition) is 2. The Labute approximate surface area is 119 Å². The van der Waals surface area contributed by atoms with E-state index in [1.54, 1.807) is 12.1 Å². The Morgan fingerprint density at radius 3 is 2.90 bits per heavy atom. The highest BCUT2D eigenvalue weighted by atomic mass is 32.2. The average molecular weight is 300 g/mol. The monoisotopic (exact) mass is 300 g/mol. The molecular weight excluding hydrogens is 280 g/mol. The summed E-state index contributed by atoms with van der Waals surface area (Å²) in [6.07, 6.45) is 0.0348. The van der Waals surface area contributed by atoms with Gasteiger partial charge >= 0.3 is 0 Å². The van der Waals surface area contributed by atoms with Crippen molar-refractivity contribution in [3.63, 3.8) is 0 Å². The third kappa shape index (κ3) is 4.26. The van der Waals surface area contributed by atoms with Gasteiger partial charge in [-0.15, -0.1) is 0 Å². The molecular formula is C13H20N2O4S. The molecule has 1 aromatic carbocycles. The molecule has 2 rings (SSSR count). The number of ether oxygens (including phenoxy) is 2. The van der Waals surface area contributed by atoms with Gasteiger partial charge in [-0.2, -0.15) is 0 Å². The first-order chi connectivity index (χ1) is 9.47. The van der Waals surface area contributed by atoms with E-state index in [-0.39, 0.29) is 17.0 Å². The standard InChI is InChI=1S/C13H20N2O4S/c1-10(15-8-12-9-18-5-6-19-12)11-3-2-4-13(7-11)20(14,16)17/h2-4,7,10,12,15H,5-6,8-9H2,1H3,(H2,14,16,17). The molecule has 0 amide bonds. The van der Waals surface area contributed by atoms with Crippen LogP contribution in [0.25, 0.3) is 0 Å². The van der Waals surface area contributed by atoms with Crippen molar-refractivity contribution in [1.29, 1.82) is 0 Å². The third-order valence-electron chi connectivity index (χ3n) is 3.22. The van der Waals surface area contributed by atoms with Gasteiger partial charge in [0.05, 0.1) is 30.8 Å². The van der Waals surface area contributed by atoms with Crippen molar-refractivity contribution in [2.45, 2.75) is 24.0 Å². The van der Waals surface area contributed by atoms with Crippen molar-refractivity contribution >= 4 is 10.0 Å². The Morgan fingerprint density at radius 2 is 2.25 bits per heavy atom. The lowest BCUT2D eigenvalue weighted by Crippen LogP contribution is -2.38. The van der Waals surface area contributed by atoms with E-state index in [1.807, 2.05) is 13.0 Å². The number of nitrogens with one attached hydrogen (secondary N) is 1. The molecule has 1 aliphatic rings. The van der Waals surface area contributed by atoms with Crippen LogP contribution in [0.1, 0.15) is 18.5 Å². The summed E-state index contributed by atoms with van der Waals surface area (Å²) in [7, 11) is -3.67. The Hall–Kier alpha value is -0.990. The summed E-state index contributed by atoms with van der Waals surface area (Å²) in [6.45, 7) is 4.45. The molecule has 1 heterocycles. The van der Waals surface area contributed by atoms with E-state index in [0.29, 0.717) is 26.4 Å². The second-order valence-corrected chi connectivity index (χ2v) is 6.38. The summed E-state index contributed by atoms with van der Waals surface area (Å²) >= 11 is 0. The van der Waals surface area contributed by atoms with E-state index < -0.39 is 10.0 Å². The minimum absolute atomic E-state index is 0.00206. The van der Waals surface area contributed by atoms with Crippen LogP contribution in [0.15, 0.2) is 29.2 Å². The fraction of sp³-hybridized carbons (Fsp3) is 0.538. The maximum atomic E-state index is 11.3. The van der Waals surface area contributed by atoms with E-state index >= 15 is 0 Å². The molecule has 0 aliphatic carbocycles. The lowest BCUT2D eigenvalue weighted by molar-refractivity contribution is -0.0869. The zero-order valence-corrected chi connectivity index (χ0v) is 12.2. The van der Waals surface area contributed by atoms with Crippen LogP contribution in [-0.2, 0) is 19.5 Å². The molecule has 112 valence electrons. The van der Waals surface area contributed by atoms with Crippen molar-refractivity contribution in [2.24, 2.45) is 5.14 Å². The summed E-state index contributed by atoms with van der Waals surface area (Å²) < 4.78 is 33.5. The molecule has 1 saturated heterocycles. The van der Waals surface area contributed by atoms with Crippen molar-refractivity contribution in [3.05, 3.63) is 29.8 Å². The summed E-state index contributed by atoms with van der Waals surface area (Å²) in [5, 5.41) is 8.44. The van der Waals surface area contributed by atoms with E-state index in [0.717, 1.165) is 5.56 Å². The van der Waals surface area contributed by atoms with Crippen molar-refractivity contribution in [3.8, 4) is 0 Å². The van der Waals surface area contributed by atoms with Gasteiger partial charge in [-0.3, -0.25) is 0 Å². The summed E-state index contributed by atoms with van der Waals surface area (Å²) in [5.41, 5.74) is 0.869. The first kappa shape index (κ1) is 15.4. The molecule has 0 bridgehead atoms. The van der Waals surface area contributed by atoms with Gasteiger partial charge in [-0.1, -0.05) is 12.1 Å². The SMILES string of the molecule is CC(NCC1COCCO1)c1cccc(S(N)(=O)=O)c1. The maximum Gasteiger partial charge on any atom is 0.238 e. The van der Waals surface area contributed by atoms with E-state index in [9.17, 15) is 8.42 Å². The Balaban J connectivity index is 1.96. The molecule has 1 fully saturated rings. The van der Waals surface area contributed by atoms with Crippen LogP contribution in [0, 0.1) is 0 Å². The van der Waals surface area contributed by atoms with Gasteiger partial charge < -0.3 is 14.8 Å². The van der Waals surface area contributed by atoms with E-state index in [1.165, 1.54) is 6.07 Å². The normalized spacial score (nSPS) is 21.6. The topological polar surface area (TPSA) is 90.7 Å². The summed E-state index contributed by atoms with van der Waals surface area (Å²) in [4.78, 5) is 0.126. The fourth-order valence-corrected chi connectivity index (χ4v) is 2.61. The van der Waals surface area contributed by atoms with Gasteiger partial charge in [0, 0.05) is 12.6 Å². The number of benzene rings is 1. The smallest absolute Gasteiger partial charge is 0.238 e. The molecule has 2 atom stereocenters. The molecule has 7 heteroatoms. The zero-order chi connectivity index (χ0) is 14.6. The van der Waals surface area contributed by atoms with Crippen LogP contribution < -0.4 is 10.5 Å². The van der Waals surface area contributed by atoms with Crippen LogP contribution in [0.3, 0.4) is 0 Å². The van der Waals surface area contributed by atoms with Gasteiger partial charge in [-0.25, -0.2) is 13.6 Å². The fourth-order valence-electron chi connectivity index (χ4n) is 2.04. The number of rotatable bonds is 5. The molecule has 1 aromatic rings. The van der Waals surface area contributed by atoms with Crippen molar-refractivity contribution < 1.29 is 17.9 Å². The van der Waals surface area contributed by atoms with Crippen LogP contribution in [-0.4, -0.2) is 40.9 Å². The largest absolute Gasteiger partial charge is 0.376 e. The van der Waals surface area contributed by atoms with Gasteiger partial charge in [-0.05, 0) is 24.6 Å². The van der Waals surface area contributed by atoms with Crippen LogP contribution in [0.5, 0.6) is 0 Å². The Kier molecular flexibility index (Phi) is 5.11. The van der Waals surface area contributed by atoms with Gasteiger partial charge in [0.25, 0.3) is 0 Å². The molecule has 0 spiro atoms. The highest BCUT2D eigenvalue weighted by Gasteiger charge is 2.16. The highest BCUT2D eigenvalue weighted by Crippen LogP contribution is 2.16. The molecule has 20 heavy (non-hydrogen) atoms. The van der Waals surface area contributed by atoms with Crippen molar-refractivity contribution in [2.75, 3.05) is 26.4 Å². The highest BCUT2D eigenvalue weighted by molar-refractivity contribution is 7.89. The zero-order valence-electron chi connectivity index (χ0n) is 11.4. The molecule has 6 nitrogen and oxygen atoms in total. The molecule has 0 saturated carbocycles. The molecule has 2 unspecified atom stereocenters. The van der Waals surface area contributed by atoms with Crippen molar-refractivity contribution in [1.82, 2.24) is 5.32 Å². The molecule has 0 aromatic heterocycles.